The summed E-state index contributed by atoms with van der Waals surface area (Å²) in [6.07, 6.45) is 23.4. The fraction of sp³-hybridized carbons (Fsp3) is 0.979. The smallest absolute Gasteiger partial charge is 0.136 e. The molecule has 3 aliphatic rings. The zero-order valence-corrected chi connectivity index (χ0v) is 36.9. The highest BCUT2D eigenvalue weighted by molar-refractivity contribution is 6.15. The lowest BCUT2D eigenvalue weighted by molar-refractivity contribution is -0.130. The molecule has 0 radical (unpaired) electrons. The summed E-state index contributed by atoms with van der Waals surface area (Å²) in [7, 11) is 2.65. The van der Waals surface area contributed by atoms with Crippen LogP contribution in [0.1, 0.15) is 199 Å². The van der Waals surface area contributed by atoms with Crippen molar-refractivity contribution in [3.63, 3.8) is 0 Å². The van der Waals surface area contributed by atoms with E-state index in [4.69, 9.17) is 4.74 Å². The Balaban J connectivity index is 1.99. The maximum atomic E-state index is 14.7. The van der Waals surface area contributed by atoms with Crippen molar-refractivity contribution in [3.8, 4) is 0 Å². The van der Waals surface area contributed by atoms with Crippen molar-refractivity contribution in [2.75, 3.05) is 6.61 Å². The molecular formula is C48H91BO2. The van der Waals surface area contributed by atoms with Gasteiger partial charge < -0.3 is 4.74 Å². The van der Waals surface area contributed by atoms with Gasteiger partial charge in [0.2, 0.25) is 0 Å². The van der Waals surface area contributed by atoms with Crippen LogP contribution in [0, 0.1) is 82.9 Å². The molecule has 3 heteroatoms. The summed E-state index contributed by atoms with van der Waals surface area (Å²) < 4.78 is 7.08. The lowest BCUT2D eigenvalue weighted by Crippen LogP contribution is -2.48. The molecule has 0 amide bonds. The van der Waals surface area contributed by atoms with Crippen molar-refractivity contribution in [2.24, 2.45) is 82.9 Å². The summed E-state index contributed by atoms with van der Waals surface area (Å²) in [5.41, 5.74) is 0. The topological polar surface area (TPSA) is 26.3 Å². The normalized spacial score (nSPS) is 43.8. The Labute approximate surface area is 321 Å². The lowest BCUT2D eigenvalue weighted by Gasteiger charge is -2.54. The molecule has 3 saturated carbocycles. The molecule has 3 fully saturated rings. The Kier molecular flexibility index (Phi) is 19.2. The molecular weight excluding hydrogens is 619 g/mol. The molecule has 51 heavy (non-hydrogen) atoms. The van der Waals surface area contributed by atoms with E-state index in [0.717, 1.165) is 49.0 Å². The average molecular weight is 711 g/mol. The molecule has 0 aliphatic heterocycles. The fourth-order valence-electron chi connectivity index (χ4n) is 12.5. The van der Waals surface area contributed by atoms with Crippen LogP contribution in [0.2, 0.25) is 5.31 Å². The number of hydrogen-bond acceptors (Lipinski definition) is 2. The van der Waals surface area contributed by atoms with Crippen LogP contribution in [0.15, 0.2) is 0 Å². The Morgan fingerprint density at radius 2 is 1.29 bits per heavy atom. The molecule has 0 aromatic rings. The van der Waals surface area contributed by atoms with E-state index in [1.807, 2.05) is 0 Å². The van der Waals surface area contributed by atoms with Gasteiger partial charge in [-0.05, 0) is 122 Å². The highest BCUT2D eigenvalue weighted by atomic mass is 16.5. The van der Waals surface area contributed by atoms with Crippen LogP contribution in [0.5, 0.6) is 0 Å². The van der Waals surface area contributed by atoms with E-state index >= 15 is 0 Å². The van der Waals surface area contributed by atoms with Crippen LogP contribution >= 0.6 is 0 Å². The Hall–Kier alpha value is -0.305. The first-order valence-corrected chi connectivity index (χ1v) is 23.3. The summed E-state index contributed by atoms with van der Waals surface area (Å²) in [5.74, 6) is 9.01. The van der Waals surface area contributed by atoms with Gasteiger partial charge >= 0.3 is 0 Å². The lowest BCUT2D eigenvalue weighted by atomic mass is 9.47. The van der Waals surface area contributed by atoms with Gasteiger partial charge in [-0.25, -0.2) is 0 Å². The largest absolute Gasteiger partial charge is 0.378 e. The minimum absolute atomic E-state index is 0.134. The number of ether oxygens (including phenoxy) is 1. The van der Waals surface area contributed by atoms with Gasteiger partial charge in [0.05, 0.1) is 6.10 Å². The minimum atomic E-state index is 0.134. The molecule has 16 atom stereocenters. The molecule has 0 saturated heterocycles. The third-order valence-electron chi connectivity index (χ3n) is 16.5. The predicted molar refractivity (Wildman–Crippen MR) is 226 cm³/mol. The van der Waals surface area contributed by atoms with E-state index in [-0.39, 0.29) is 11.2 Å². The fourth-order valence-corrected chi connectivity index (χ4v) is 12.5. The van der Waals surface area contributed by atoms with E-state index in [9.17, 15) is 4.79 Å². The number of unbranched alkanes of at least 4 members (excludes halogenated alkanes) is 7. The number of carbonyl (C=O) groups excluding carboxylic acids is 1. The standard InChI is InChI=1S/C48H91BO2/c1-13-15-16-17-18-19-20-21-26-51-45-23-22-32(3)27-43(45)47-40(11)46(42-29-35(6)38(9)36(7)30-42)39(10)44(50)31-41(14-2)37(8)28-34(5)33(4)24-25-48(47,12)49/h32-43,45-47H,13-31,49H2,1-12H3/t32-,33?,34+,35-,36+,37?,38-,39+,40?,41-,42+,43?,45+,46-,47-,48-/m1/s1. The second-order valence-corrected chi connectivity index (χ2v) is 20.8. The first-order chi connectivity index (χ1) is 24.1. The number of ketones is 1. The third-order valence-corrected chi connectivity index (χ3v) is 16.5. The van der Waals surface area contributed by atoms with Gasteiger partial charge in [0.15, 0.2) is 0 Å². The van der Waals surface area contributed by atoms with Crippen LogP contribution in [-0.4, -0.2) is 26.3 Å². The van der Waals surface area contributed by atoms with Crippen molar-refractivity contribution in [3.05, 3.63) is 0 Å². The van der Waals surface area contributed by atoms with Crippen LogP contribution in [-0.2, 0) is 9.53 Å². The van der Waals surface area contributed by atoms with Crippen molar-refractivity contribution < 1.29 is 9.53 Å². The molecule has 0 aromatic heterocycles. The average Bonchev–Trinajstić information content (AvgIpc) is 3.07. The molecule has 298 valence electrons. The zero-order valence-electron chi connectivity index (χ0n) is 36.9. The molecule has 4 unspecified atom stereocenters. The van der Waals surface area contributed by atoms with Crippen LogP contribution in [0.25, 0.3) is 0 Å². The number of carbonyl (C=O) groups is 1. The summed E-state index contributed by atoms with van der Waals surface area (Å²) in [5, 5.41) is 0.205. The van der Waals surface area contributed by atoms with E-state index in [1.54, 1.807) is 0 Å². The van der Waals surface area contributed by atoms with E-state index in [0.29, 0.717) is 59.2 Å². The van der Waals surface area contributed by atoms with Gasteiger partial charge in [0.1, 0.15) is 13.6 Å². The van der Waals surface area contributed by atoms with Gasteiger partial charge in [-0.3, -0.25) is 4.79 Å². The van der Waals surface area contributed by atoms with Gasteiger partial charge in [0, 0.05) is 18.9 Å². The molecule has 3 rings (SSSR count). The maximum absolute atomic E-state index is 14.7. The van der Waals surface area contributed by atoms with Crippen LogP contribution < -0.4 is 0 Å². The van der Waals surface area contributed by atoms with Crippen LogP contribution in [0.4, 0.5) is 0 Å². The monoisotopic (exact) mass is 711 g/mol. The minimum Gasteiger partial charge on any atom is -0.378 e. The quantitative estimate of drug-likeness (QED) is 0.140. The second kappa shape index (κ2) is 21.7. The Morgan fingerprint density at radius 1 is 0.686 bits per heavy atom. The van der Waals surface area contributed by atoms with Crippen molar-refractivity contribution in [1.82, 2.24) is 0 Å². The van der Waals surface area contributed by atoms with E-state index < -0.39 is 0 Å². The summed E-state index contributed by atoms with van der Waals surface area (Å²) in [6.45, 7) is 30.9. The van der Waals surface area contributed by atoms with Crippen LogP contribution in [0.3, 0.4) is 0 Å². The first-order valence-electron chi connectivity index (χ1n) is 23.3. The third kappa shape index (κ3) is 12.9. The summed E-state index contributed by atoms with van der Waals surface area (Å²) in [6, 6.07) is 0. The SMILES string of the molecule is B[C@]1(C)CCC(C)[C@@H](C)CC(C)[C@H](CC)CC(=O)[C@H](C)[C@@H]([C@H]2C[C@@H](C)[C@@H](C)[C@@H](C)C2)C(C)[C@@H]1C1C[C@H](C)CC[C@@H]1OCCCCCCCCCC. The maximum Gasteiger partial charge on any atom is 0.136 e. The second-order valence-electron chi connectivity index (χ2n) is 20.8. The highest BCUT2D eigenvalue weighted by Crippen LogP contribution is 2.57. The first kappa shape index (κ1) is 45.1. The molecule has 0 spiro atoms. The Morgan fingerprint density at radius 3 is 1.90 bits per heavy atom. The number of Topliss-reactive ketones (excluding diaryl/α,β-unsaturated/α-hetero) is 1. The van der Waals surface area contributed by atoms with Gasteiger partial charge in [-0.2, -0.15) is 0 Å². The summed E-state index contributed by atoms with van der Waals surface area (Å²) >= 11 is 0. The Bertz CT molecular complexity index is 964. The molecule has 3 aliphatic carbocycles. The van der Waals surface area contributed by atoms with Crippen molar-refractivity contribution in [1.29, 1.82) is 0 Å². The van der Waals surface area contributed by atoms with Gasteiger partial charge in [-0.15, -0.1) is 0 Å². The molecule has 0 N–H and O–H groups in total. The predicted octanol–water partition coefficient (Wildman–Crippen LogP) is 13.7. The number of rotatable bonds is 13. The zero-order chi connectivity index (χ0) is 37.9. The van der Waals surface area contributed by atoms with Gasteiger partial charge in [-0.1, -0.05) is 153 Å². The molecule has 0 heterocycles. The van der Waals surface area contributed by atoms with Crippen molar-refractivity contribution in [2.45, 2.75) is 210 Å². The molecule has 0 aromatic carbocycles. The summed E-state index contributed by atoms with van der Waals surface area (Å²) in [4.78, 5) is 14.7. The number of hydrogen-bond donors (Lipinski definition) is 0. The van der Waals surface area contributed by atoms with Gasteiger partial charge in [0.25, 0.3) is 0 Å². The highest BCUT2D eigenvalue weighted by Gasteiger charge is 2.50. The van der Waals surface area contributed by atoms with E-state index in [2.05, 4.69) is 90.9 Å². The molecule has 2 nitrogen and oxygen atoms in total. The van der Waals surface area contributed by atoms with Crippen molar-refractivity contribution >= 4 is 13.6 Å². The van der Waals surface area contributed by atoms with E-state index in [1.165, 1.54) is 103 Å². The molecule has 0 bridgehead atoms.